The van der Waals surface area contributed by atoms with E-state index in [4.69, 9.17) is 0 Å². The van der Waals surface area contributed by atoms with E-state index in [0.29, 0.717) is 0 Å². The lowest BCUT2D eigenvalue weighted by Crippen LogP contribution is -1.91. The number of aryl methyl sites for hydroxylation is 1. The van der Waals surface area contributed by atoms with E-state index in [2.05, 4.69) is 9.97 Å². The molecule has 0 saturated carbocycles. The van der Waals surface area contributed by atoms with Gasteiger partial charge in [-0.15, -0.1) is 0 Å². The first-order chi connectivity index (χ1) is 7.29. The van der Waals surface area contributed by atoms with Crippen LogP contribution >= 0.6 is 0 Å². The zero-order valence-corrected chi connectivity index (χ0v) is 8.51. The van der Waals surface area contributed by atoms with Crippen LogP contribution in [0.1, 0.15) is 12.7 Å². The van der Waals surface area contributed by atoms with Gasteiger partial charge in [0.25, 0.3) is 0 Å². The van der Waals surface area contributed by atoms with E-state index in [1.54, 1.807) is 30.6 Å². The summed E-state index contributed by atoms with van der Waals surface area (Å²) in [7, 11) is 0. The molecule has 2 aromatic rings. The molecule has 0 aliphatic carbocycles. The van der Waals surface area contributed by atoms with Gasteiger partial charge in [-0.2, -0.15) is 0 Å². The number of aromatic hydroxyl groups is 1. The second kappa shape index (κ2) is 4.09. The van der Waals surface area contributed by atoms with Gasteiger partial charge in [-0.3, -0.25) is 0 Å². The van der Waals surface area contributed by atoms with Crippen LogP contribution in [0.4, 0.5) is 0 Å². The van der Waals surface area contributed by atoms with Crippen LogP contribution in [0.2, 0.25) is 0 Å². The smallest absolute Gasteiger partial charge is 0.127 e. The molecule has 1 heterocycles. The molecule has 0 spiro atoms. The lowest BCUT2D eigenvalue weighted by Gasteiger charge is -2.02. The summed E-state index contributed by atoms with van der Waals surface area (Å²) in [6, 6.07) is 7.07. The van der Waals surface area contributed by atoms with E-state index >= 15 is 0 Å². The Balaban J connectivity index is 2.37. The van der Waals surface area contributed by atoms with Gasteiger partial charge in [0.1, 0.15) is 11.6 Å². The van der Waals surface area contributed by atoms with Gasteiger partial charge in [0.05, 0.1) is 0 Å². The van der Waals surface area contributed by atoms with Crippen molar-refractivity contribution in [1.29, 1.82) is 0 Å². The van der Waals surface area contributed by atoms with Crippen LogP contribution in [-0.4, -0.2) is 15.1 Å². The standard InChI is InChI=1S/C12H12N2O/c1-2-12-13-7-10(8-14-12)9-4-3-5-11(15)6-9/h3-8,15H,2H2,1H3. The summed E-state index contributed by atoms with van der Waals surface area (Å²) in [6.45, 7) is 2.02. The molecule has 0 fully saturated rings. The van der Waals surface area contributed by atoms with Crippen LogP contribution in [0.3, 0.4) is 0 Å². The van der Waals surface area contributed by atoms with E-state index in [1.807, 2.05) is 13.0 Å². The van der Waals surface area contributed by atoms with Crippen LogP contribution in [0.25, 0.3) is 11.1 Å². The number of nitrogens with zero attached hydrogens (tertiary/aromatic N) is 2. The maximum Gasteiger partial charge on any atom is 0.127 e. The number of phenols is 1. The summed E-state index contributed by atoms with van der Waals surface area (Å²) in [5.41, 5.74) is 1.85. The van der Waals surface area contributed by atoms with Gasteiger partial charge in [0, 0.05) is 24.4 Å². The Bertz CT molecular complexity index is 451. The highest BCUT2D eigenvalue weighted by molar-refractivity contribution is 5.63. The molecule has 3 heteroatoms. The van der Waals surface area contributed by atoms with Crippen molar-refractivity contribution in [3.05, 3.63) is 42.5 Å². The molecule has 0 bridgehead atoms. The van der Waals surface area contributed by atoms with Crippen molar-refractivity contribution in [2.24, 2.45) is 0 Å². The van der Waals surface area contributed by atoms with Gasteiger partial charge in [-0.05, 0) is 17.7 Å². The predicted octanol–water partition coefficient (Wildman–Crippen LogP) is 2.41. The second-order valence-electron chi connectivity index (χ2n) is 3.29. The SMILES string of the molecule is CCc1ncc(-c2cccc(O)c2)cn1. The first kappa shape index (κ1) is 9.65. The van der Waals surface area contributed by atoms with E-state index < -0.39 is 0 Å². The van der Waals surface area contributed by atoms with Crippen LogP contribution in [0.15, 0.2) is 36.7 Å². The average molecular weight is 200 g/mol. The van der Waals surface area contributed by atoms with Crippen LogP contribution in [0.5, 0.6) is 5.75 Å². The molecule has 3 nitrogen and oxygen atoms in total. The third kappa shape index (κ3) is 2.13. The molecule has 76 valence electrons. The quantitative estimate of drug-likeness (QED) is 0.809. The number of rotatable bonds is 2. The largest absolute Gasteiger partial charge is 0.508 e. The average Bonchev–Trinajstić information content (AvgIpc) is 2.29. The van der Waals surface area contributed by atoms with Gasteiger partial charge in [-0.25, -0.2) is 9.97 Å². The highest BCUT2D eigenvalue weighted by atomic mass is 16.3. The Hall–Kier alpha value is -1.90. The van der Waals surface area contributed by atoms with Crippen molar-refractivity contribution in [1.82, 2.24) is 9.97 Å². The number of hydrogen-bond donors (Lipinski definition) is 1. The highest BCUT2D eigenvalue weighted by Crippen LogP contribution is 2.21. The lowest BCUT2D eigenvalue weighted by atomic mass is 10.1. The molecule has 0 saturated heterocycles. The monoisotopic (exact) mass is 200 g/mol. The Morgan fingerprint density at radius 3 is 2.47 bits per heavy atom. The fraction of sp³-hybridized carbons (Fsp3) is 0.167. The molecular weight excluding hydrogens is 188 g/mol. The Morgan fingerprint density at radius 2 is 1.87 bits per heavy atom. The Morgan fingerprint density at radius 1 is 1.13 bits per heavy atom. The van der Waals surface area contributed by atoms with Crippen molar-refractivity contribution in [3.8, 4) is 16.9 Å². The topological polar surface area (TPSA) is 46.0 Å². The fourth-order valence-corrected chi connectivity index (χ4v) is 1.37. The minimum atomic E-state index is 0.257. The van der Waals surface area contributed by atoms with Crippen molar-refractivity contribution < 1.29 is 5.11 Å². The first-order valence-electron chi connectivity index (χ1n) is 4.90. The zero-order chi connectivity index (χ0) is 10.7. The Kier molecular flexibility index (Phi) is 2.63. The van der Waals surface area contributed by atoms with Gasteiger partial charge in [-0.1, -0.05) is 19.1 Å². The van der Waals surface area contributed by atoms with Crippen molar-refractivity contribution in [2.75, 3.05) is 0 Å². The molecule has 15 heavy (non-hydrogen) atoms. The number of aromatic nitrogens is 2. The predicted molar refractivity (Wildman–Crippen MR) is 58.5 cm³/mol. The molecule has 0 aliphatic rings. The normalized spacial score (nSPS) is 10.2. The van der Waals surface area contributed by atoms with E-state index in [0.717, 1.165) is 23.4 Å². The van der Waals surface area contributed by atoms with Crippen molar-refractivity contribution in [2.45, 2.75) is 13.3 Å². The minimum Gasteiger partial charge on any atom is -0.508 e. The number of hydrogen-bond acceptors (Lipinski definition) is 3. The summed E-state index contributed by atoms with van der Waals surface area (Å²) in [5.74, 6) is 1.09. The number of phenolic OH excluding ortho intramolecular Hbond substituents is 1. The summed E-state index contributed by atoms with van der Waals surface area (Å²) >= 11 is 0. The first-order valence-corrected chi connectivity index (χ1v) is 4.90. The molecule has 2 rings (SSSR count). The molecule has 0 radical (unpaired) electrons. The molecule has 0 atom stereocenters. The third-order valence-electron chi connectivity index (χ3n) is 2.20. The molecular formula is C12H12N2O. The van der Waals surface area contributed by atoms with E-state index in [1.165, 1.54) is 0 Å². The highest BCUT2D eigenvalue weighted by Gasteiger charge is 2.00. The van der Waals surface area contributed by atoms with E-state index in [-0.39, 0.29) is 5.75 Å². The number of benzene rings is 1. The minimum absolute atomic E-state index is 0.257. The molecule has 0 aliphatic heterocycles. The summed E-state index contributed by atoms with van der Waals surface area (Å²) in [6.07, 6.45) is 4.39. The molecule has 0 amide bonds. The van der Waals surface area contributed by atoms with Crippen LogP contribution in [0, 0.1) is 0 Å². The lowest BCUT2D eigenvalue weighted by molar-refractivity contribution is 0.475. The van der Waals surface area contributed by atoms with Crippen molar-refractivity contribution >= 4 is 0 Å². The summed E-state index contributed by atoms with van der Waals surface area (Å²) in [5, 5.41) is 9.33. The third-order valence-corrected chi connectivity index (χ3v) is 2.20. The Labute approximate surface area is 88.5 Å². The molecule has 1 aromatic carbocycles. The molecule has 1 N–H and O–H groups in total. The summed E-state index contributed by atoms with van der Waals surface area (Å²) < 4.78 is 0. The molecule has 0 unspecified atom stereocenters. The van der Waals surface area contributed by atoms with Gasteiger partial charge < -0.3 is 5.11 Å². The fourth-order valence-electron chi connectivity index (χ4n) is 1.37. The van der Waals surface area contributed by atoms with Gasteiger partial charge in [0.15, 0.2) is 0 Å². The van der Waals surface area contributed by atoms with Crippen molar-refractivity contribution in [3.63, 3.8) is 0 Å². The second-order valence-corrected chi connectivity index (χ2v) is 3.29. The van der Waals surface area contributed by atoms with Gasteiger partial charge in [0.2, 0.25) is 0 Å². The summed E-state index contributed by atoms with van der Waals surface area (Å²) in [4.78, 5) is 8.42. The maximum absolute atomic E-state index is 9.33. The maximum atomic E-state index is 9.33. The van der Waals surface area contributed by atoms with Crippen LogP contribution in [-0.2, 0) is 6.42 Å². The molecule has 1 aromatic heterocycles. The van der Waals surface area contributed by atoms with Crippen LogP contribution < -0.4 is 0 Å². The van der Waals surface area contributed by atoms with E-state index in [9.17, 15) is 5.11 Å². The van der Waals surface area contributed by atoms with Gasteiger partial charge >= 0.3 is 0 Å². The zero-order valence-electron chi connectivity index (χ0n) is 8.51.